The highest BCUT2D eigenvalue weighted by Crippen LogP contribution is 2.28. The van der Waals surface area contributed by atoms with Crippen LogP contribution >= 0.6 is 0 Å². The molecule has 2 aromatic rings. The number of nitro groups is 1. The molecule has 0 aliphatic rings. The van der Waals surface area contributed by atoms with Crippen LogP contribution in [0.1, 0.15) is 6.92 Å². The fraction of sp³-hybridized carbons (Fsp3) is 0.167. The van der Waals surface area contributed by atoms with Gasteiger partial charge in [-0.15, -0.1) is 0 Å². The van der Waals surface area contributed by atoms with Crippen LogP contribution in [0, 0.1) is 10.1 Å². The van der Waals surface area contributed by atoms with E-state index < -0.39 is 16.2 Å². The standard InChI is InChI=1S/C12H12N4O4/c1-2-20-9-6-4-3-5-8(9)15-11-10(16(18)19)12(17)14-7-13-11/h3-7H,2H2,1H3,(H2,13,14,15,17). The molecule has 0 spiro atoms. The number of aromatic amines is 1. The molecular formula is C12H12N4O4. The smallest absolute Gasteiger partial charge is 0.376 e. The van der Waals surface area contributed by atoms with E-state index >= 15 is 0 Å². The maximum atomic E-state index is 11.5. The van der Waals surface area contributed by atoms with Crippen molar-refractivity contribution in [3.05, 3.63) is 51.1 Å². The summed E-state index contributed by atoms with van der Waals surface area (Å²) >= 11 is 0. The van der Waals surface area contributed by atoms with Crippen molar-refractivity contribution in [1.29, 1.82) is 0 Å². The van der Waals surface area contributed by atoms with Crippen LogP contribution in [0.4, 0.5) is 17.2 Å². The molecule has 0 bridgehead atoms. The number of rotatable bonds is 5. The molecule has 0 atom stereocenters. The number of hydrogen-bond acceptors (Lipinski definition) is 6. The molecule has 0 amide bonds. The van der Waals surface area contributed by atoms with Gasteiger partial charge >= 0.3 is 11.2 Å². The third-order valence-corrected chi connectivity index (χ3v) is 2.45. The number of nitrogens with one attached hydrogen (secondary N) is 2. The zero-order valence-electron chi connectivity index (χ0n) is 10.6. The van der Waals surface area contributed by atoms with Gasteiger partial charge in [0.1, 0.15) is 5.75 Å². The first-order valence-electron chi connectivity index (χ1n) is 5.84. The lowest BCUT2D eigenvalue weighted by atomic mass is 10.3. The minimum absolute atomic E-state index is 0.133. The Kier molecular flexibility index (Phi) is 3.94. The number of H-pyrrole nitrogens is 1. The monoisotopic (exact) mass is 276 g/mol. The summed E-state index contributed by atoms with van der Waals surface area (Å²) in [4.78, 5) is 27.6. The average molecular weight is 276 g/mol. The maximum Gasteiger partial charge on any atom is 0.376 e. The van der Waals surface area contributed by atoms with Crippen LogP contribution in [-0.2, 0) is 0 Å². The molecule has 1 aromatic carbocycles. The van der Waals surface area contributed by atoms with E-state index in [2.05, 4.69) is 15.3 Å². The van der Waals surface area contributed by atoms with Crippen LogP contribution in [0.25, 0.3) is 0 Å². The van der Waals surface area contributed by atoms with Gasteiger partial charge in [-0.25, -0.2) is 4.98 Å². The Morgan fingerprint density at radius 2 is 2.20 bits per heavy atom. The normalized spacial score (nSPS) is 10.1. The lowest BCUT2D eigenvalue weighted by molar-refractivity contribution is -0.385. The van der Waals surface area contributed by atoms with E-state index in [1.165, 1.54) is 0 Å². The Morgan fingerprint density at radius 1 is 1.45 bits per heavy atom. The molecule has 0 saturated heterocycles. The van der Waals surface area contributed by atoms with Crippen molar-refractivity contribution in [2.75, 3.05) is 11.9 Å². The number of benzene rings is 1. The highest BCUT2D eigenvalue weighted by Gasteiger charge is 2.21. The van der Waals surface area contributed by atoms with E-state index in [9.17, 15) is 14.9 Å². The summed E-state index contributed by atoms with van der Waals surface area (Å²) in [6.45, 7) is 2.27. The molecule has 8 nitrogen and oxygen atoms in total. The van der Waals surface area contributed by atoms with E-state index in [1.54, 1.807) is 24.3 Å². The van der Waals surface area contributed by atoms with Gasteiger partial charge in [0.05, 0.1) is 23.5 Å². The van der Waals surface area contributed by atoms with Crippen LogP contribution in [0.5, 0.6) is 5.75 Å². The molecule has 0 fully saturated rings. The molecular weight excluding hydrogens is 264 g/mol. The minimum Gasteiger partial charge on any atom is -0.492 e. The predicted molar refractivity (Wildman–Crippen MR) is 72.4 cm³/mol. The van der Waals surface area contributed by atoms with Gasteiger partial charge in [0, 0.05) is 0 Å². The molecule has 2 N–H and O–H groups in total. The Morgan fingerprint density at radius 3 is 2.90 bits per heavy atom. The van der Waals surface area contributed by atoms with Crippen molar-refractivity contribution < 1.29 is 9.66 Å². The van der Waals surface area contributed by atoms with E-state index in [-0.39, 0.29) is 5.82 Å². The summed E-state index contributed by atoms with van der Waals surface area (Å²) in [7, 11) is 0. The molecule has 0 saturated carbocycles. The summed E-state index contributed by atoms with van der Waals surface area (Å²) in [5.41, 5.74) is -0.962. The van der Waals surface area contributed by atoms with Gasteiger partial charge in [0.25, 0.3) is 0 Å². The van der Waals surface area contributed by atoms with Crippen LogP contribution in [0.2, 0.25) is 0 Å². The van der Waals surface area contributed by atoms with Gasteiger partial charge in [-0.2, -0.15) is 0 Å². The van der Waals surface area contributed by atoms with Gasteiger partial charge in [-0.3, -0.25) is 14.9 Å². The number of ether oxygens (including phenoxy) is 1. The molecule has 0 aliphatic carbocycles. The molecule has 0 unspecified atom stereocenters. The van der Waals surface area contributed by atoms with Crippen molar-refractivity contribution in [2.24, 2.45) is 0 Å². The number of aromatic nitrogens is 2. The first-order valence-corrected chi connectivity index (χ1v) is 5.84. The Bertz CT molecular complexity index is 683. The first kappa shape index (κ1) is 13.5. The zero-order chi connectivity index (χ0) is 14.5. The van der Waals surface area contributed by atoms with Gasteiger partial charge in [-0.05, 0) is 19.1 Å². The average Bonchev–Trinajstić information content (AvgIpc) is 2.41. The Labute approximate surface area is 113 Å². The molecule has 20 heavy (non-hydrogen) atoms. The van der Waals surface area contributed by atoms with Crippen molar-refractivity contribution in [3.8, 4) is 5.75 Å². The highest BCUT2D eigenvalue weighted by molar-refractivity contribution is 5.69. The minimum atomic E-state index is -0.818. The maximum absolute atomic E-state index is 11.5. The van der Waals surface area contributed by atoms with Crippen molar-refractivity contribution in [2.45, 2.75) is 6.92 Å². The molecule has 104 valence electrons. The first-order chi connectivity index (χ1) is 9.63. The third-order valence-electron chi connectivity index (χ3n) is 2.45. The second kappa shape index (κ2) is 5.83. The number of hydrogen-bond donors (Lipinski definition) is 2. The lowest BCUT2D eigenvalue weighted by Gasteiger charge is -2.11. The van der Waals surface area contributed by atoms with Gasteiger partial charge in [-0.1, -0.05) is 12.1 Å². The largest absolute Gasteiger partial charge is 0.492 e. The molecule has 8 heteroatoms. The summed E-state index contributed by atoms with van der Waals surface area (Å²) in [5.74, 6) is 0.386. The quantitative estimate of drug-likeness (QED) is 0.636. The van der Waals surface area contributed by atoms with Crippen LogP contribution in [0.15, 0.2) is 35.4 Å². The van der Waals surface area contributed by atoms with Crippen LogP contribution in [-0.4, -0.2) is 21.5 Å². The number of para-hydroxylation sites is 2. The van der Waals surface area contributed by atoms with Gasteiger partial charge in [0.15, 0.2) is 0 Å². The SMILES string of the molecule is CCOc1ccccc1Nc1nc[nH]c(=O)c1[N+](=O)[O-]. The fourth-order valence-electron chi connectivity index (χ4n) is 1.63. The number of anilines is 2. The molecule has 0 aliphatic heterocycles. The zero-order valence-corrected chi connectivity index (χ0v) is 10.6. The van der Waals surface area contributed by atoms with Crippen molar-refractivity contribution in [3.63, 3.8) is 0 Å². The molecule has 2 rings (SSSR count). The van der Waals surface area contributed by atoms with Crippen molar-refractivity contribution >= 4 is 17.2 Å². The highest BCUT2D eigenvalue weighted by atomic mass is 16.6. The van der Waals surface area contributed by atoms with E-state index in [1.807, 2.05) is 6.92 Å². The van der Waals surface area contributed by atoms with Crippen LogP contribution < -0.4 is 15.6 Å². The van der Waals surface area contributed by atoms with Crippen LogP contribution in [0.3, 0.4) is 0 Å². The van der Waals surface area contributed by atoms with Crippen molar-refractivity contribution in [1.82, 2.24) is 9.97 Å². The second-order valence-corrected chi connectivity index (χ2v) is 3.74. The lowest BCUT2D eigenvalue weighted by Crippen LogP contribution is -2.14. The van der Waals surface area contributed by atoms with Gasteiger partial charge < -0.3 is 15.0 Å². The fourth-order valence-corrected chi connectivity index (χ4v) is 1.63. The summed E-state index contributed by atoms with van der Waals surface area (Å²) in [6.07, 6.45) is 1.10. The third kappa shape index (κ3) is 2.74. The van der Waals surface area contributed by atoms with Gasteiger partial charge in [0.2, 0.25) is 5.82 Å². The molecule has 1 heterocycles. The number of nitrogens with zero attached hydrogens (tertiary/aromatic N) is 2. The van der Waals surface area contributed by atoms with E-state index in [0.717, 1.165) is 6.33 Å². The van der Waals surface area contributed by atoms with E-state index in [4.69, 9.17) is 4.74 Å². The Balaban J connectivity index is 2.43. The van der Waals surface area contributed by atoms with E-state index in [0.29, 0.717) is 18.0 Å². The molecule has 1 aromatic heterocycles. The second-order valence-electron chi connectivity index (χ2n) is 3.74. The Hall–Kier alpha value is -2.90. The summed E-state index contributed by atoms with van der Waals surface area (Å²) < 4.78 is 5.39. The summed E-state index contributed by atoms with van der Waals surface area (Å²) in [6, 6.07) is 6.90. The summed E-state index contributed by atoms with van der Waals surface area (Å²) in [5, 5.41) is 13.7. The molecule has 0 radical (unpaired) electrons. The predicted octanol–water partition coefficient (Wildman–Crippen LogP) is 1.82. The topological polar surface area (TPSA) is 110 Å².